The van der Waals surface area contributed by atoms with Crippen LogP contribution in [0.25, 0.3) is 11.3 Å². The maximum Gasteiger partial charge on any atom is 0.229 e. The van der Waals surface area contributed by atoms with Gasteiger partial charge in [-0.2, -0.15) is 5.10 Å². The summed E-state index contributed by atoms with van der Waals surface area (Å²) in [5, 5.41) is 10.8. The predicted octanol–water partition coefficient (Wildman–Crippen LogP) is 3.07. The van der Waals surface area contributed by atoms with Crippen LogP contribution in [0.5, 0.6) is 5.75 Å². The molecular weight excluding hydrogens is 404 g/mol. The Morgan fingerprint density at radius 1 is 1.16 bits per heavy atom. The lowest BCUT2D eigenvalue weighted by molar-refractivity contribution is 0.287. The van der Waals surface area contributed by atoms with Gasteiger partial charge in [-0.15, -0.1) is 0 Å². The Morgan fingerprint density at radius 3 is 2.84 bits per heavy atom. The summed E-state index contributed by atoms with van der Waals surface area (Å²) in [5.41, 5.74) is 1.97. The summed E-state index contributed by atoms with van der Waals surface area (Å²) in [5.74, 6) is -0.221. The second kappa shape index (κ2) is 7.77. The van der Waals surface area contributed by atoms with Gasteiger partial charge in [-0.25, -0.2) is 18.7 Å². The van der Waals surface area contributed by atoms with Gasteiger partial charge in [-0.1, -0.05) is 0 Å². The second-order valence-electron chi connectivity index (χ2n) is 7.88. The van der Waals surface area contributed by atoms with Gasteiger partial charge in [0.25, 0.3) is 0 Å². The van der Waals surface area contributed by atoms with E-state index < -0.39 is 11.6 Å². The summed E-state index contributed by atoms with van der Waals surface area (Å²) in [6.07, 6.45) is 1.08. The molecule has 2 aliphatic rings. The first-order chi connectivity index (χ1) is 15.0. The molecular formula is C21H23F2N7O. The highest BCUT2D eigenvalue weighted by Crippen LogP contribution is 2.39. The highest BCUT2D eigenvalue weighted by molar-refractivity contribution is 5.73. The Balaban J connectivity index is 1.50. The first kappa shape index (κ1) is 19.7. The van der Waals surface area contributed by atoms with Gasteiger partial charge >= 0.3 is 0 Å². The van der Waals surface area contributed by atoms with E-state index in [-0.39, 0.29) is 23.4 Å². The molecule has 0 radical (unpaired) electrons. The molecule has 3 aromatic rings. The third-order valence-corrected chi connectivity index (χ3v) is 5.46. The molecule has 0 spiro atoms. The van der Waals surface area contributed by atoms with Crippen LogP contribution in [-0.2, 0) is 13.1 Å². The van der Waals surface area contributed by atoms with Crippen LogP contribution >= 0.6 is 0 Å². The molecule has 0 unspecified atom stereocenters. The van der Waals surface area contributed by atoms with Crippen molar-refractivity contribution < 1.29 is 13.5 Å². The molecule has 1 aromatic carbocycles. The fourth-order valence-electron chi connectivity index (χ4n) is 3.97. The van der Waals surface area contributed by atoms with Gasteiger partial charge in [0.1, 0.15) is 12.3 Å². The third-order valence-electron chi connectivity index (χ3n) is 5.46. The summed E-state index contributed by atoms with van der Waals surface area (Å²) in [7, 11) is 0. The number of anilines is 3. The second-order valence-corrected chi connectivity index (χ2v) is 7.88. The summed E-state index contributed by atoms with van der Waals surface area (Å²) in [6, 6.07) is 5.01. The Hall–Kier alpha value is -3.27. The average Bonchev–Trinajstić information content (AvgIpc) is 3.17. The SMILES string of the molecule is CC(C)N1CCOc2c(F)cc(-c3nc(Nc4cc5n(n4)CCNC5)ncc3F)cc21. The molecule has 2 aromatic heterocycles. The highest BCUT2D eigenvalue weighted by Gasteiger charge is 2.25. The number of aromatic nitrogens is 4. The van der Waals surface area contributed by atoms with Crippen molar-refractivity contribution in [2.45, 2.75) is 33.0 Å². The minimum absolute atomic E-state index is 0.0131. The number of ether oxygens (including phenoxy) is 1. The van der Waals surface area contributed by atoms with Crippen LogP contribution in [0.2, 0.25) is 0 Å². The van der Waals surface area contributed by atoms with Crippen LogP contribution in [0.15, 0.2) is 24.4 Å². The standard InChI is InChI=1S/C21H23F2N7O/c1-12(2)29-5-6-31-20-15(22)7-13(8-17(20)29)19-16(23)11-25-21(27-19)26-18-9-14-10-24-3-4-30(14)28-18/h7-9,11-12,24H,3-6,10H2,1-2H3,(H,25,26,27,28). The maximum absolute atomic E-state index is 14.8. The number of halogens is 2. The number of nitrogens with zero attached hydrogens (tertiary/aromatic N) is 5. The Kier molecular flexibility index (Phi) is 4.93. The van der Waals surface area contributed by atoms with Gasteiger partial charge in [0.2, 0.25) is 5.95 Å². The normalized spacial score (nSPS) is 15.5. The molecule has 5 rings (SSSR count). The Labute approximate surface area is 178 Å². The number of hydrogen-bond donors (Lipinski definition) is 2. The molecule has 4 heterocycles. The predicted molar refractivity (Wildman–Crippen MR) is 113 cm³/mol. The third kappa shape index (κ3) is 3.67. The lowest BCUT2D eigenvalue weighted by Crippen LogP contribution is -2.38. The van der Waals surface area contributed by atoms with Gasteiger partial charge in [-0.3, -0.25) is 4.68 Å². The van der Waals surface area contributed by atoms with Crippen molar-refractivity contribution in [3.05, 3.63) is 41.7 Å². The maximum atomic E-state index is 14.8. The van der Waals surface area contributed by atoms with Crippen LogP contribution in [-0.4, -0.2) is 45.5 Å². The van der Waals surface area contributed by atoms with Crippen molar-refractivity contribution in [2.75, 3.05) is 29.9 Å². The fraction of sp³-hybridized carbons (Fsp3) is 0.381. The topological polar surface area (TPSA) is 80.1 Å². The van der Waals surface area contributed by atoms with Gasteiger partial charge in [-0.05, 0) is 26.0 Å². The van der Waals surface area contributed by atoms with E-state index in [4.69, 9.17) is 4.74 Å². The molecule has 0 saturated heterocycles. The molecule has 2 N–H and O–H groups in total. The van der Waals surface area contributed by atoms with E-state index in [1.165, 1.54) is 6.07 Å². The van der Waals surface area contributed by atoms with E-state index in [0.29, 0.717) is 30.2 Å². The van der Waals surface area contributed by atoms with Crippen molar-refractivity contribution in [1.29, 1.82) is 0 Å². The van der Waals surface area contributed by atoms with Crippen molar-refractivity contribution in [2.24, 2.45) is 0 Å². The zero-order chi connectivity index (χ0) is 21.5. The number of hydrogen-bond acceptors (Lipinski definition) is 7. The Bertz CT molecular complexity index is 1110. The molecule has 0 saturated carbocycles. The number of benzene rings is 1. The van der Waals surface area contributed by atoms with E-state index in [2.05, 4.69) is 25.7 Å². The number of nitrogens with one attached hydrogen (secondary N) is 2. The molecule has 0 bridgehead atoms. The summed E-state index contributed by atoms with van der Waals surface area (Å²) < 4.78 is 36.9. The van der Waals surface area contributed by atoms with Crippen molar-refractivity contribution in [3.8, 4) is 17.0 Å². The van der Waals surface area contributed by atoms with Crippen LogP contribution in [0.3, 0.4) is 0 Å². The van der Waals surface area contributed by atoms with E-state index >= 15 is 0 Å². The quantitative estimate of drug-likeness (QED) is 0.662. The van der Waals surface area contributed by atoms with Gasteiger partial charge in [0.15, 0.2) is 23.2 Å². The van der Waals surface area contributed by atoms with E-state index in [9.17, 15) is 8.78 Å². The smallest absolute Gasteiger partial charge is 0.229 e. The molecule has 0 fully saturated rings. The molecule has 8 nitrogen and oxygen atoms in total. The number of rotatable bonds is 4. The first-order valence-corrected chi connectivity index (χ1v) is 10.3. The first-order valence-electron chi connectivity index (χ1n) is 10.3. The lowest BCUT2D eigenvalue weighted by atomic mass is 10.1. The molecule has 2 aliphatic heterocycles. The van der Waals surface area contributed by atoms with Crippen LogP contribution in [0.4, 0.5) is 26.2 Å². The minimum Gasteiger partial charge on any atom is -0.486 e. The summed E-state index contributed by atoms with van der Waals surface area (Å²) >= 11 is 0. The van der Waals surface area contributed by atoms with Gasteiger partial charge in [0.05, 0.1) is 30.7 Å². The lowest BCUT2D eigenvalue weighted by Gasteiger charge is -2.34. The zero-order valence-corrected chi connectivity index (χ0v) is 17.3. The largest absolute Gasteiger partial charge is 0.486 e. The monoisotopic (exact) mass is 427 g/mol. The Morgan fingerprint density at radius 2 is 2.03 bits per heavy atom. The van der Waals surface area contributed by atoms with Crippen molar-refractivity contribution in [1.82, 2.24) is 25.1 Å². The summed E-state index contributed by atoms with van der Waals surface area (Å²) in [6.45, 7) is 7.43. The minimum atomic E-state index is -0.633. The summed E-state index contributed by atoms with van der Waals surface area (Å²) in [4.78, 5) is 10.4. The average molecular weight is 427 g/mol. The van der Waals surface area contributed by atoms with Crippen LogP contribution < -0.4 is 20.3 Å². The van der Waals surface area contributed by atoms with E-state index in [1.54, 1.807) is 6.07 Å². The van der Waals surface area contributed by atoms with Crippen LogP contribution in [0.1, 0.15) is 19.5 Å². The van der Waals surface area contributed by atoms with Crippen molar-refractivity contribution in [3.63, 3.8) is 0 Å². The van der Waals surface area contributed by atoms with E-state index in [0.717, 1.165) is 31.5 Å². The van der Waals surface area contributed by atoms with Gasteiger partial charge < -0.3 is 20.3 Å². The van der Waals surface area contributed by atoms with Crippen molar-refractivity contribution >= 4 is 17.5 Å². The fourth-order valence-corrected chi connectivity index (χ4v) is 3.97. The van der Waals surface area contributed by atoms with Gasteiger partial charge in [0, 0.05) is 30.8 Å². The van der Waals surface area contributed by atoms with Crippen LogP contribution in [0, 0.1) is 11.6 Å². The molecule has 10 heteroatoms. The molecule has 0 atom stereocenters. The molecule has 0 aliphatic carbocycles. The van der Waals surface area contributed by atoms with E-state index in [1.807, 2.05) is 29.5 Å². The highest BCUT2D eigenvalue weighted by atomic mass is 19.1. The molecule has 0 amide bonds. The zero-order valence-electron chi connectivity index (χ0n) is 17.3. The number of fused-ring (bicyclic) bond motifs is 2. The molecule has 31 heavy (non-hydrogen) atoms. The molecule has 162 valence electrons.